The van der Waals surface area contributed by atoms with E-state index in [9.17, 15) is 14.4 Å². The SMILES string of the molecule is CCC(=O)[O][Ti]([O]C(=O)CC)([O]C(=O)CC)[C]1=C(C)C(C)=C(C)C1. The average molecular weight is 374 g/mol. The molecule has 0 saturated carbocycles. The molecule has 7 heteroatoms. The Morgan fingerprint density at radius 2 is 1.17 bits per heavy atom. The van der Waals surface area contributed by atoms with Crippen LogP contribution in [0.2, 0.25) is 0 Å². The first-order chi connectivity index (χ1) is 11.2. The average Bonchev–Trinajstić information content (AvgIpc) is 2.82. The second-order valence-corrected chi connectivity index (χ2v) is 9.36. The molecule has 1 aliphatic carbocycles. The number of rotatable bonds is 7. The van der Waals surface area contributed by atoms with Crippen molar-refractivity contribution in [3.8, 4) is 0 Å². The Bertz CT molecular complexity index is 557. The number of hydrogen-bond acceptors (Lipinski definition) is 6. The molecule has 0 atom stereocenters. The number of carbonyl (C=O) groups excluding carboxylic acids is 3. The van der Waals surface area contributed by atoms with Gasteiger partial charge >= 0.3 is 148 Å². The maximum atomic E-state index is 12.0. The van der Waals surface area contributed by atoms with Gasteiger partial charge in [-0.05, 0) is 0 Å². The van der Waals surface area contributed by atoms with Crippen LogP contribution in [0.5, 0.6) is 0 Å². The van der Waals surface area contributed by atoms with Gasteiger partial charge in [-0.1, -0.05) is 0 Å². The van der Waals surface area contributed by atoms with Crippen molar-refractivity contribution < 1.29 is 42.1 Å². The Hall–Kier alpha value is -1.40. The van der Waals surface area contributed by atoms with Gasteiger partial charge in [0.1, 0.15) is 0 Å². The fourth-order valence-electron chi connectivity index (χ4n) is 2.33. The molecule has 0 bridgehead atoms. The van der Waals surface area contributed by atoms with Crippen LogP contribution in [-0.4, -0.2) is 17.9 Å². The zero-order valence-electron chi connectivity index (χ0n) is 15.3. The van der Waals surface area contributed by atoms with Crippen molar-refractivity contribution in [3.63, 3.8) is 0 Å². The van der Waals surface area contributed by atoms with Crippen LogP contribution in [0.4, 0.5) is 0 Å². The predicted octanol–water partition coefficient (Wildman–Crippen LogP) is 3.76. The first kappa shape index (κ1) is 20.6. The van der Waals surface area contributed by atoms with Crippen molar-refractivity contribution in [1.29, 1.82) is 0 Å². The van der Waals surface area contributed by atoms with Crippen molar-refractivity contribution in [2.24, 2.45) is 0 Å². The monoisotopic (exact) mass is 374 g/mol. The van der Waals surface area contributed by atoms with Gasteiger partial charge in [-0.3, -0.25) is 0 Å². The molecule has 6 nitrogen and oxygen atoms in total. The first-order valence-corrected chi connectivity index (χ1v) is 10.9. The molecule has 0 radical (unpaired) electrons. The zero-order chi connectivity index (χ0) is 18.5. The molecule has 0 heterocycles. The molecule has 0 fully saturated rings. The third-order valence-corrected chi connectivity index (χ3v) is 8.42. The van der Waals surface area contributed by atoms with E-state index in [1.165, 1.54) is 0 Å². The van der Waals surface area contributed by atoms with E-state index in [2.05, 4.69) is 0 Å². The topological polar surface area (TPSA) is 78.9 Å². The molecule has 0 aromatic heterocycles. The zero-order valence-corrected chi connectivity index (χ0v) is 16.8. The Kier molecular flexibility index (Phi) is 7.42. The van der Waals surface area contributed by atoms with E-state index in [1.807, 2.05) is 20.8 Å². The predicted molar refractivity (Wildman–Crippen MR) is 84.8 cm³/mol. The van der Waals surface area contributed by atoms with Gasteiger partial charge in [-0.25, -0.2) is 0 Å². The van der Waals surface area contributed by atoms with Crippen LogP contribution < -0.4 is 0 Å². The fraction of sp³-hybridized carbons (Fsp3) is 0.588. The summed E-state index contributed by atoms with van der Waals surface area (Å²) < 4.78 is 17.3. The van der Waals surface area contributed by atoms with Crippen molar-refractivity contribution >= 4 is 17.9 Å². The molecule has 24 heavy (non-hydrogen) atoms. The van der Waals surface area contributed by atoms with Gasteiger partial charge < -0.3 is 0 Å². The minimum absolute atomic E-state index is 0.109. The van der Waals surface area contributed by atoms with Gasteiger partial charge in [0.15, 0.2) is 0 Å². The minimum atomic E-state index is -4.62. The maximum absolute atomic E-state index is 12.0. The number of allylic oxidation sites excluding steroid dienone is 4. The molecule has 1 aliphatic rings. The first-order valence-electron chi connectivity index (χ1n) is 8.23. The summed E-state index contributed by atoms with van der Waals surface area (Å²) in [6.45, 7) is 10.7. The van der Waals surface area contributed by atoms with Crippen LogP contribution >= 0.6 is 0 Å². The summed E-state index contributed by atoms with van der Waals surface area (Å²) >= 11 is -4.62. The standard InChI is InChI=1S/C8H11.3C3H6O2.Ti/c1-6-4-5-7(2)8(6)3;3*1-2-3(4)5;/h4H2,1-3H3;3*2H2,1H3,(H,4,5);/q;;;;+3/p-3. The van der Waals surface area contributed by atoms with Gasteiger partial charge in [0.25, 0.3) is 0 Å². The van der Waals surface area contributed by atoms with E-state index in [0.717, 1.165) is 16.7 Å². The summed E-state index contributed by atoms with van der Waals surface area (Å²) in [7, 11) is 0. The summed E-state index contributed by atoms with van der Waals surface area (Å²) in [5.41, 5.74) is 3.02. The van der Waals surface area contributed by atoms with E-state index in [4.69, 9.17) is 9.96 Å². The Balaban J connectivity index is 3.42. The number of hydrogen-bond donors (Lipinski definition) is 0. The van der Waals surface area contributed by atoms with Gasteiger partial charge in [0.05, 0.1) is 0 Å². The van der Waals surface area contributed by atoms with Gasteiger partial charge in [0.2, 0.25) is 0 Å². The molecule has 1 rings (SSSR count). The van der Waals surface area contributed by atoms with Crippen LogP contribution in [0.15, 0.2) is 20.6 Å². The van der Waals surface area contributed by atoms with E-state index in [-0.39, 0.29) is 19.3 Å². The van der Waals surface area contributed by atoms with E-state index in [1.54, 1.807) is 20.8 Å². The molecule has 0 amide bonds. The van der Waals surface area contributed by atoms with Crippen molar-refractivity contribution in [3.05, 3.63) is 20.6 Å². The molecule has 134 valence electrons. The molecule has 0 aliphatic heterocycles. The van der Waals surface area contributed by atoms with Crippen LogP contribution in [0.1, 0.15) is 67.2 Å². The molecule has 0 unspecified atom stereocenters. The van der Waals surface area contributed by atoms with Crippen molar-refractivity contribution in [2.75, 3.05) is 0 Å². The molecule has 0 N–H and O–H groups in total. The van der Waals surface area contributed by atoms with Gasteiger partial charge in [0, 0.05) is 0 Å². The molecule has 0 spiro atoms. The van der Waals surface area contributed by atoms with Gasteiger partial charge in [-0.2, -0.15) is 0 Å². The summed E-state index contributed by atoms with van der Waals surface area (Å²) in [6, 6.07) is 0. The molecular weight excluding hydrogens is 348 g/mol. The third-order valence-electron chi connectivity index (χ3n) is 4.08. The second kappa shape index (κ2) is 8.63. The summed E-state index contributed by atoms with van der Waals surface area (Å²) in [5.74, 6) is -1.61. The fourth-order valence-corrected chi connectivity index (χ4v) is 6.94. The van der Waals surface area contributed by atoms with E-state index in [0.29, 0.717) is 10.3 Å². The van der Waals surface area contributed by atoms with Crippen molar-refractivity contribution in [2.45, 2.75) is 67.2 Å². The van der Waals surface area contributed by atoms with E-state index < -0.39 is 35.7 Å². The Morgan fingerprint density at radius 1 is 0.792 bits per heavy atom. The summed E-state index contributed by atoms with van der Waals surface area (Å²) in [5, 5.41) is 0. The molecule has 0 aromatic carbocycles. The quantitative estimate of drug-likeness (QED) is 0.632. The molecule has 0 aromatic rings. The Labute approximate surface area is 148 Å². The van der Waals surface area contributed by atoms with Gasteiger partial charge in [-0.15, -0.1) is 0 Å². The van der Waals surface area contributed by atoms with Crippen LogP contribution in [0.25, 0.3) is 0 Å². The third kappa shape index (κ3) is 4.57. The summed E-state index contributed by atoms with van der Waals surface area (Å²) in [6.07, 6.45) is 0.816. The number of carbonyl (C=O) groups is 3. The van der Waals surface area contributed by atoms with Crippen molar-refractivity contribution in [1.82, 2.24) is 0 Å². The molecular formula is C17H26O6Ti. The molecule has 0 saturated heterocycles. The van der Waals surface area contributed by atoms with Crippen LogP contribution in [-0.2, 0) is 42.1 Å². The van der Waals surface area contributed by atoms with Crippen LogP contribution in [0, 0.1) is 0 Å². The van der Waals surface area contributed by atoms with Crippen LogP contribution in [0.3, 0.4) is 0 Å². The second-order valence-electron chi connectivity index (χ2n) is 5.72. The normalized spacial score (nSPS) is 14.8. The van der Waals surface area contributed by atoms with E-state index >= 15 is 0 Å². The Morgan fingerprint density at radius 3 is 1.42 bits per heavy atom. The summed E-state index contributed by atoms with van der Waals surface area (Å²) in [4.78, 5) is 36.0.